The smallest absolute Gasteiger partial charge is 0.326 e. The molecule has 0 unspecified atom stereocenters. The summed E-state index contributed by atoms with van der Waals surface area (Å²) in [5.41, 5.74) is 0. The van der Waals surface area contributed by atoms with Gasteiger partial charge < -0.3 is 10.4 Å². The number of hydrogen-bond donors (Lipinski definition) is 2. The van der Waals surface area contributed by atoms with Crippen molar-refractivity contribution in [3.05, 3.63) is 0 Å². The second kappa shape index (κ2) is 6.77. The SMILES string of the molecule is CCC[C@@H](NC(=O)CSC)C(=O)O. The first-order chi connectivity index (χ1) is 6.11. The van der Waals surface area contributed by atoms with Gasteiger partial charge in [0.1, 0.15) is 6.04 Å². The molecule has 0 aromatic carbocycles. The van der Waals surface area contributed by atoms with Gasteiger partial charge in [-0.25, -0.2) is 4.79 Å². The van der Waals surface area contributed by atoms with Crippen molar-refractivity contribution in [2.24, 2.45) is 0 Å². The third-order valence-electron chi connectivity index (χ3n) is 1.49. The zero-order valence-electron chi connectivity index (χ0n) is 7.87. The van der Waals surface area contributed by atoms with E-state index in [1.54, 1.807) is 6.26 Å². The number of rotatable bonds is 6. The molecule has 13 heavy (non-hydrogen) atoms. The van der Waals surface area contributed by atoms with E-state index < -0.39 is 12.0 Å². The van der Waals surface area contributed by atoms with E-state index in [-0.39, 0.29) is 5.91 Å². The third-order valence-corrected chi connectivity index (χ3v) is 2.04. The second-order valence-electron chi connectivity index (χ2n) is 2.68. The second-order valence-corrected chi connectivity index (χ2v) is 3.55. The van der Waals surface area contributed by atoms with Gasteiger partial charge in [-0.1, -0.05) is 13.3 Å². The molecule has 0 aliphatic carbocycles. The molecule has 76 valence electrons. The van der Waals surface area contributed by atoms with E-state index in [1.165, 1.54) is 11.8 Å². The first-order valence-corrected chi connectivity index (χ1v) is 5.52. The molecule has 1 amide bonds. The molecule has 5 heteroatoms. The van der Waals surface area contributed by atoms with Gasteiger partial charge in [0.15, 0.2) is 0 Å². The normalized spacial score (nSPS) is 12.2. The van der Waals surface area contributed by atoms with E-state index >= 15 is 0 Å². The molecule has 0 spiro atoms. The molecule has 0 bridgehead atoms. The van der Waals surface area contributed by atoms with E-state index in [1.807, 2.05) is 6.92 Å². The van der Waals surface area contributed by atoms with Gasteiger partial charge in [-0.3, -0.25) is 4.79 Å². The quantitative estimate of drug-likeness (QED) is 0.670. The van der Waals surface area contributed by atoms with E-state index in [0.29, 0.717) is 12.2 Å². The predicted octanol–water partition coefficient (Wildman–Crippen LogP) is 0.719. The molecule has 0 saturated carbocycles. The van der Waals surface area contributed by atoms with Crippen LogP contribution in [0.3, 0.4) is 0 Å². The standard InChI is InChI=1S/C8H15NO3S/c1-3-4-6(8(11)12)9-7(10)5-13-2/h6H,3-5H2,1-2H3,(H,9,10)(H,11,12)/t6-/m1/s1. The topological polar surface area (TPSA) is 66.4 Å². The van der Waals surface area contributed by atoms with E-state index in [0.717, 1.165) is 6.42 Å². The van der Waals surface area contributed by atoms with Crippen molar-refractivity contribution < 1.29 is 14.7 Å². The van der Waals surface area contributed by atoms with Crippen LogP contribution in [0.1, 0.15) is 19.8 Å². The number of nitrogens with one attached hydrogen (secondary N) is 1. The Bertz CT molecular complexity index is 184. The fourth-order valence-electron chi connectivity index (χ4n) is 0.913. The van der Waals surface area contributed by atoms with Crippen molar-refractivity contribution in [3.8, 4) is 0 Å². The number of thioether (sulfide) groups is 1. The maximum absolute atomic E-state index is 11.0. The van der Waals surface area contributed by atoms with Crippen molar-refractivity contribution in [3.63, 3.8) is 0 Å². The highest BCUT2D eigenvalue weighted by Crippen LogP contribution is 1.98. The molecule has 0 saturated heterocycles. The highest BCUT2D eigenvalue weighted by atomic mass is 32.2. The summed E-state index contributed by atoms with van der Waals surface area (Å²) in [5.74, 6) is -0.863. The van der Waals surface area contributed by atoms with Gasteiger partial charge in [0, 0.05) is 0 Å². The van der Waals surface area contributed by atoms with Crippen molar-refractivity contribution >= 4 is 23.6 Å². The Hall–Kier alpha value is -0.710. The molecule has 0 heterocycles. The molecule has 0 radical (unpaired) electrons. The lowest BCUT2D eigenvalue weighted by atomic mass is 10.2. The Morgan fingerprint density at radius 2 is 2.15 bits per heavy atom. The Morgan fingerprint density at radius 1 is 1.54 bits per heavy atom. The minimum absolute atomic E-state index is 0.214. The molecule has 0 aromatic heterocycles. The summed E-state index contributed by atoms with van der Waals surface area (Å²) in [6.07, 6.45) is 3.03. The highest BCUT2D eigenvalue weighted by molar-refractivity contribution is 7.99. The minimum Gasteiger partial charge on any atom is -0.480 e. The minimum atomic E-state index is -0.962. The van der Waals surface area contributed by atoms with Crippen molar-refractivity contribution in [2.75, 3.05) is 12.0 Å². The van der Waals surface area contributed by atoms with E-state index in [9.17, 15) is 9.59 Å². The van der Waals surface area contributed by atoms with Gasteiger partial charge in [0.25, 0.3) is 0 Å². The summed E-state index contributed by atoms with van der Waals surface area (Å²) < 4.78 is 0. The Labute approximate surface area is 82.1 Å². The highest BCUT2D eigenvalue weighted by Gasteiger charge is 2.17. The maximum atomic E-state index is 11.0. The maximum Gasteiger partial charge on any atom is 0.326 e. The van der Waals surface area contributed by atoms with E-state index in [4.69, 9.17) is 5.11 Å². The number of carbonyl (C=O) groups excluding carboxylic acids is 1. The lowest BCUT2D eigenvalue weighted by molar-refractivity contribution is -0.141. The molecule has 0 rings (SSSR count). The van der Waals surface area contributed by atoms with Crippen LogP contribution in [0, 0.1) is 0 Å². The fraction of sp³-hybridized carbons (Fsp3) is 0.750. The number of carboxylic acids is 1. The molecular formula is C8H15NO3S. The van der Waals surface area contributed by atoms with Gasteiger partial charge in [-0.15, -0.1) is 0 Å². The molecule has 2 N–H and O–H groups in total. The van der Waals surface area contributed by atoms with Crippen LogP contribution in [0.5, 0.6) is 0 Å². The molecule has 0 aliphatic heterocycles. The number of hydrogen-bond acceptors (Lipinski definition) is 3. The van der Waals surface area contributed by atoms with Crippen LogP contribution in [0.4, 0.5) is 0 Å². The van der Waals surface area contributed by atoms with Crippen LogP contribution in [0.25, 0.3) is 0 Å². The predicted molar refractivity (Wildman–Crippen MR) is 52.9 cm³/mol. The van der Waals surface area contributed by atoms with Gasteiger partial charge >= 0.3 is 5.97 Å². The summed E-state index contributed by atoms with van der Waals surface area (Å²) in [5, 5.41) is 11.2. The first kappa shape index (κ1) is 12.3. The van der Waals surface area contributed by atoms with Crippen LogP contribution >= 0.6 is 11.8 Å². The van der Waals surface area contributed by atoms with Crippen molar-refractivity contribution in [2.45, 2.75) is 25.8 Å². The Kier molecular flexibility index (Phi) is 6.40. The average Bonchev–Trinajstić information content (AvgIpc) is 2.04. The first-order valence-electron chi connectivity index (χ1n) is 4.13. The molecule has 0 aliphatic rings. The summed E-state index contributed by atoms with van der Waals surface area (Å²) in [6, 6.07) is -0.732. The molecule has 1 atom stereocenters. The van der Waals surface area contributed by atoms with Crippen LogP contribution in [0.15, 0.2) is 0 Å². The average molecular weight is 205 g/mol. The molecule has 4 nitrogen and oxygen atoms in total. The molecule has 0 fully saturated rings. The fourth-order valence-corrected chi connectivity index (χ4v) is 1.26. The van der Waals surface area contributed by atoms with Crippen molar-refractivity contribution in [1.82, 2.24) is 5.32 Å². The molecule has 0 aromatic rings. The summed E-state index contributed by atoms with van der Waals surface area (Å²) in [7, 11) is 0. The van der Waals surface area contributed by atoms with Gasteiger partial charge in [-0.05, 0) is 12.7 Å². The lowest BCUT2D eigenvalue weighted by Crippen LogP contribution is -2.41. The van der Waals surface area contributed by atoms with Crippen molar-refractivity contribution in [1.29, 1.82) is 0 Å². The van der Waals surface area contributed by atoms with Gasteiger partial charge in [0.05, 0.1) is 5.75 Å². The van der Waals surface area contributed by atoms with Crippen LogP contribution in [-0.4, -0.2) is 35.0 Å². The monoisotopic (exact) mass is 205 g/mol. The Morgan fingerprint density at radius 3 is 2.54 bits per heavy atom. The van der Waals surface area contributed by atoms with Gasteiger partial charge in [0.2, 0.25) is 5.91 Å². The number of aliphatic carboxylic acids is 1. The number of carboxylic acid groups (broad SMARTS) is 1. The third kappa shape index (κ3) is 5.52. The zero-order chi connectivity index (χ0) is 10.3. The lowest BCUT2D eigenvalue weighted by Gasteiger charge is -2.12. The Balaban J connectivity index is 3.94. The van der Waals surface area contributed by atoms with Gasteiger partial charge in [-0.2, -0.15) is 11.8 Å². The zero-order valence-corrected chi connectivity index (χ0v) is 8.69. The number of amides is 1. The van der Waals surface area contributed by atoms with E-state index in [2.05, 4.69) is 5.32 Å². The van der Waals surface area contributed by atoms with Crippen LogP contribution in [0.2, 0.25) is 0 Å². The molecular weight excluding hydrogens is 190 g/mol. The summed E-state index contributed by atoms with van der Waals surface area (Å²) in [6.45, 7) is 1.89. The van der Waals surface area contributed by atoms with Crippen LogP contribution in [-0.2, 0) is 9.59 Å². The summed E-state index contributed by atoms with van der Waals surface area (Å²) in [4.78, 5) is 21.6. The summed E-state index contributed by atoms with van der Waals surface area (Å²) >= 11 is 1.38. The largest absolute Gasteiger partial charge is 0.480 e. The number of carbonyl (C=O) groups is 2. The van der Waals surface area contributed by atoms with Crippen LogP contribution < -0.4 is 5.32 Å².